The first-order valence-electron chi connectivity index (χ1n) is 8.37. The van der Waals surface area contributed by atoms with E-state index in [1.54, 1.807) is 42.2 Å². The highest BCUT2D eigenvalue weighted by Gasteiger charge is 2.36. The molecule has 1 N–H and O–H groups in total. The molecule has 2 aromatic rings. The highest BCUT2D eigenvalue weighted by Crippen LogP contribution is 2.28. The van der Waals surface area contributed by atoms with Crippen molar-refractivity contribution in [3.8, 4) is 0 Å². The Kier molecular flexibility index (Phi) is 5.46. The van der Waals surface area contributed by atoms with E-state index in [1.807, 2.05) is 0 Å². The summed E-state index contributed by atoms with van der Waals surface area (Å²) in [7, 11) is 1.53. The van der Waals surface area contributed by atoms with Crippen LogP contribution in [0.1, 0.15) is 12.2 Å². The molecule has 142 valence electrons. The molecule has 1 saturated heterocycles. The zero-order valence-corrected chi connectivity index (χ0v) is 15.7. The Morgan fingerprint density at radius 3 is 2.85 bits per heavy atom. The van der Waals surface area contributed by atoms with Crippen molar-refractivity contribution in [1.82, 2.24) is 10.1 Å². The van der Waals surface area contributed by atoms with Gasteiger partial charge >= 0.3 is 0 Å². The Balaban J connectivity index is 1.58. The Hall–Kier alpha value is -2.87. The molecule has 1 fully saturated rings. The third kappa shape index (κ3) is 4.46. The van der Waals surface area contributed by atoms with Gasteiger partial charge in [0.25, 0.3) is 0 Å². The van der Waals surface area contributed by atoms with Crippen LogP contribution in [0.2, 0.25) is 5.02 Å². The molecule has 3 rings (SSSR count). The highest BCUT2D eigenvalue weighted by atomic mass is 35.5. The minimum atomic E-state index is -0.511. The molecule has 0 bridgehead atoms. The molecular formula is C18H19ClN4O4. The number of amides is 3. The van der Waals surface area contributed by atoms with E-state index in [4.69, 9.17) is 16.1 Å². The molecular weight excluding hydrogens is 372 g/mol. The number of nitrogens with one attached hydrogen (secondary N) is 1. The van der Waals surface area contributed by atoms with Crippen molar-refractivity contribution in [3.63, 3.8) is 0 Å². The van der Waals surface area contributed by atoms with E-state index in [2.05, 4.69) is 10.5 Å². The maximum Gasteiger partial charge on any atom is 0.245 e. The van der Waals surface area contributed by atoms with Gasteiger partial charge in [-0.1, -0.05) is 22.8 Å². The van der Waals surface area contributed by atoms with Crippen molar-refractivity contribution >= 4 is 40.8 Å². The number of aryl methyl sites for hydroxylation is 1. The van der Waals surface area contributed by atoms with Crippen LogP contribution in [0.3, 0.4) is 0 Å². The van der Waals surface area contributed by atoms with Crippen LogP contribution in [0.4, 0.5) is 11.5 Å². The number of aromatic nitrogens is 1. The number of hydrogen-bond acceptors (Lipinski definition) is 5. The van der Waals surface area contributed by atoms with Gasteiger partial charge in [0.1, 0.15) is 5.76 Å². The number of anilines is 2. The Bertz CT molecular complexity index is 882. The van der Waals surface area contributed by atoms with Crippen LogP contribution in [0.5, 0.6) is 0 Å². The summed E-state index contributed by atoms with van der Waals surface area (Å²) < 4.78 is 4.88. The van der Waals surface area contributed by atoms with Crippen LogP contribution in [0.25, 0.3) is 0 Å². The Morgan fingerprint density at radius 2 is 2.19 bits per heavy atom. The van der Waals surface area contributed by atoms with Gasteiger partial charge in [-0.15, -0.1) is 0 Å². The molecule has 2 heterocycles. The van der Waals surface area contributed by atoms with Crippen molar-refractivity contribution in [2.24, 2.45) is 5.92 Å². The average molecular weight is 391 g/mol. The summed E-state index contributed by atoms with van der Waals surface area (Å²) in [5, 5.41) is 6.75. The van der Waals surface area contributed by atoms with E-state index in [0.29, 0.717) is 22.3 Å². The van der Waals surface area contributed by atoms with E-state index < -0.39 is 11.8 Å². The molecule has 1 atom stereocenters. The first kappa shape index (κ1) is 18.9. The summed E-state index contributed by atoms with van der Waals surface area (Å²) in [4.78, 5) is 39.8. The lowest BCUT2D eigenvalue weighted by Gasteiger charge is -2.21. The fourth-order valence-corrected chi connectivity index (χ4v) is 3.16. The zero-order valence-electron chi connectivity index (χ0n) is 14.9. The van der Waals surface area contributed by atoms with E-state index in [0.717, 1.165) is 0 Å². The molecule has 27 heavy (non-hydrogen) atoms. The molecule has 1 unspecified atom stereocenters. The summed E-state index contributed by atoms with van der Waals surface area (Å²) in [6.45, 7) is 1.82. The molecule has 0 saturated carbocycles. The highest BCUT2D eigenvalue weighted by molar-refractivity contribution is 6.31. The largest absolute Gasteiger partial charge is 0.360 e. The summed E-state index contributed by atoms with van der Waals surface area (Å²) >= 11 is 5.98. The number of halogens is 1. The van der Waals surface area contributed by atoms with Gasteiger partial charge in [-0.2, -0.15) is 0 Å². The van der Waals surface area contributed by atoms with Crippen molar-refractivity contribution in [2.75, 3.05) is 30.4 Å². The van der Waals surface area contributed by atoms with Crippen LogP contribution in [0.15, 0.2) is 34.9 Å². The zero-order chi connectivity index (χ0) is 19.6. The fraction of sp³-hybridized carbons (Fsp3) is 0.333. The van der Waals surface area contributed by atoms with Gasteiger partial charge in [0, 0.05) is 36.8 Å². The lowest BCUT2D eigenvalue weighted by atomic mass is 10.1. The van der Waals surface area contributed by atoms with Gasteiger partial charge in [-0.25, -0.2) is 0 Å². The molecule has 1 aromatic carbocycles. The number of carbonyl (C=O) groups excluding carboxylic acids is 3. The van der Waals surface area contributed by atoms with Crippen molar-refractivity contribution < 1.29 is 18.9 Å². The van der Waals surface area contributed by atoms with Crippen molar-refractivity contribution in [1.29, 1.82) is 0 Å². The summed E-state index contributed by atoms with van der Waals surface area (Å²) in [5.74, 6) is -0.452. The number of carbonyl (C=O) groups is 3. The minimum absolute atomic E-state index is 0.0970. The second-order valence-corrected chi connectivity index (χ2v) is 6.89. The monoisotopic (exact) mass is 390 g/mol. The minimum Gasteiger partial charge on any atom is -0.360 e. The van der Waals surface area contributed by atoms with Gasteiger partial charge in [-0.3, -0.25) is 14.4 Å². The maximum atomic E-state index is 12.6. The van der Waals surface area contributed by atoms with Crippen molar-refractivity contribution in [2.45, 2.75) is 13.3 Å². The quantitative estimate of drug-likeness (QED) is 0.843. The molecule has 8 nitrogen and oxygen atoms in total. The summed E-state index contributed by atoms with van der Waals surface area (Å²) in [6, 6.07) is 8.51. The van der Waals surface area contributed by atoms with E-state index in [-0.39, 0.29) is 31.3 Å². The Morgan fingerprint density at radius 1 is 1.41 bits per heavy atom. The maximum absolute atomic E-state index is 12.6. The van der Waals surface area contributed by atoms with Gasteiger partial charge in [0.05, 0.1) is 12.5 Å². The number of nitrogens with zero attached hydrogens (tertiary/aromatic N) is 3. The van der Waals surface area contributed by atoms with Crippen LogP contribution in [0, 0.1) is 12.8 Å². The van der Waals surface area contributed by atoms with Gasteiger partial charge in [-0.05, 0) is 25.1 Å². The van der Waals surface area contributed by atoms with Crippen LogP contribution in [-0.2, 0) is 14.4 Å². The summed E-state index contributed by atoms with van der Waals surface area (Å²) in [6.07, 6.45) is 0.0970. The first-order chi connectivity index (χ1) is 12.8. The van der Waals surface area contributed by atoms with E-state index in [9.17, 15) is 14.4 Å². The lowest BCUT2D eigenvalue weighted by Crippen LogP contribution is -2.39. The number of hydrogen-bond donors (Lipinski definition) is 1. The first-order valence-corrected chi connectivity index (χ1v) is 8.75. The topological polar surface area (TPSA) is 95.8 Å². The molecule has 3 amide bonds. The summed E-state index contributed by atoms with van der Waals surface area (Å²) in [5.41, 5.74) is 0.657. The molecule has 1 aliphatic rings. The van der Waals surface area contributed by atoms with E-state index in [1.165, 1.54) is 11.9 Å². The smallest absolute Gasteiger partial charge is 0.245 e. The molecule has 1 aliphatic heterocycles. The number of likely N-dealkylation sites (N-methyl/N-ethyl adjacent to an activating group) is 1. The molecule has 9 heteroatoms. The average Bonchev–Trinajstić information content (AvgIpc) is 3.19. The molecule has 1 aromatic heterocycles. The van der Waals surface area contributed by atoms with Gasteiger partial charge in [0.2, 0.25) is 17.7 Å². The van der Waals surface area contributed by atoms with Gasteiger partial charge in [0.15, 0.2) is 5.82 Å². The number of benzene rings is 1. The fourth-order valence-electron chi connectivity index (χ4n) is 2.98. The molecule has 0 aliphatic carbocycles. The normalized spacial score (nSPS) is 16.5. The van der Waals surface area contributed by atoms with Crippen molar-refractivity contribution in [3.05, 3.63) is 41.1 Å². The van der Waals surface area contributed by atoms with Crippen LogP contribution in [-0.4, -0.2) is 47.9 Å². The van der Waals surface area contributed by atoms with E-state index >= 15 is 0 Å². The predicted octanol–water partition coefficient (Wildman–Crippen LogP) is 2.09. The SMILES string of the molecule is Cc1cc(NC(=O)CN(C)C(=O)C2CC(=O)N(c3cccc(Cl)c3)C2)no1. The second kappa shape index (κ2) is 7.79. The standard InChI is InChI=1S/C18H19ClN4O4/c1-11-6-15(21-27-11)20-16(24)10-22(2)18(26)12-7-17(25)23(9-12)14-5-3-4-13(19)8-14/h3-6,8,12H,7,9-10H2,1-2H3,(H,20,21,24). The number of rotatable bonds is 5. The lowest BCUT2D eigenvalue weighted by molar-refractivity contribution is -0.137. The third-order valence-corrected chi connectivity index (χ3v) is 4.48. The molecule has 0 spiro atoms. The third-order valence-electron chi connectivity index (χ3n) is 4.25. The predicted molar refractivity (Wildman–Crippen MR) is 99.4 cm³/mol. The Labute approximate surface area is 161 Å². The van der Waals surface area contributed by atoms with Crippen LogP contribution >= 0.6 is 11.6 Å². The van der Waals surface area contributed by atoms with Gasteiger partial charge < -0.3 is 19.6 Å². The molecule has 0 radical (unpaired) electrons. The van der Waals surface area contributed by atoms with Crippen LogP contribution < -0.4 is 10.2 Å². The second-order valence-electron chi connectivity index (χ2n) is 6.45.